The molecule has 0 amide bonds. The van der Waals surface area contributed by atoms with E-state index in [0.29, 0.717) is 0 Å². The molecular weight excluding hydrogens is 504 g/mol. The lowest BCUT2D eigenvalue weighted by atomic mass is 9.76. The predicted octanol–water partition coefficient (Wildman–Crippen LogP) is -4.65. The number of fused-ring (bicyclic) bond motifs is 1. The molecule has 4 aliphatic heterocycles. The lowest BCUT2D eigenvalue weighted by Crippen LogP contribution is -2.65. The van der Waals surface area contributed by atoms with Gasteiger partial charge in [0.25, 0.3) is 0 Å². The van der Waals surface area contributed by atoms with E-state index in [1.165, 1.54) is 6.08 Å². The van der Waals surface area contributed by atoms with Gasteiger partial charge in [-0.15, -0.1) is 6.58 Å². The number of carbonyl (C=O) groups is 1. The van der Waals surface area contributed by atoms with Crippen LogP contribution in [0.5, 0.6) is 0 Å². The van der Waals surface area contributed by atoms with Crippen LogP contribution in [-0.2, 0) is 33.2 Å². The summed E-state index contributed by atoms with van der Waals surface area (Å²) in [4.78, 5) is 12.1. The molecule has 0 aromatic rings. The molecule has 3 saturated heterocycles. The maximum absolute atomic E-state index is 12.1. The van der Waals surface area contributed by atoms with Gasteiger partial charge in [-0.2, -0.15) is 0 Å². The van der Waals surface area contributed by atoms with E-state index in [4.69, 9.17) is 28.4 Å². The van der Waals surface area contributed by atoms with Crippen LogP contribution in [-0.4, -0.2) is 140 Å². The Labute approximate surface area is 210 Å². The van der Waals surface area contributed by atoms with Crippen LogP contribution in [0.4, 0.5) is 0 Å². The van der Waals surface area contributed by atoms with Gasteiger partial charge in [0.15, 0.2) is 12.6 Å². The van der Waals surface area contributed by atoms with Crippen molar-refractivity contribution >= 4 is 5.97 Å². The van der Waals surface area contributed by atoms with Gasteiger partial charge in [0.2, 0.25) is 6.29 Å². The second-order valence-electron chi connectivity index (χ2n) is 9.25. The van der Waals surface area contributed by atoms with E-state index >= 15 is 0 Å². The highest BCUT2D eigenvalue weighted by Gasteiger charge is 2.55. The van der Waals surface area contributed by atoms with Crippen molar-refractivity contribution in [1.82, 2.24) is 0 Å². The fraction of sp³-hybridized carbons (Fsp3) is 0.773. The van der Waals surface area contributed by atoms with E-state index in [9.17, 15) is 45.6 Å². The minimum atomic E-state index is -1.82. The van der Waals surface area contributed by atoms with Crippen LogP contribution < -0.4 is 0 Å². The maximum atomic E-state index is 12.1. The predicted molar refractivity (Wildman–Crippen MR) is 115 cm³/mol. The third-order valence-electron chi connectivity index (χ3n) is 7.05. The first-order valence-electron chi connectivity index (χ1n) is 11.7. The molecule has 8 N–H and O–H groups in total. The Kier molecular flexibility index (Phi) is 8.54. The highest BCUT2D eigenvalue weighted by atomic mass is 16.8. The fourth-order valence-corrected chi connectivity index (χ4v) is 4.85. The highest BCUT2D eigenvalue weighted by molar-refractivity contribution is 5.91. The number of hydrogen-bond acceptors (Lipinski definition) is 15. The van der Waals surface area contributed by atoms with Crippen molar-refractivity contribution in [3.8, 4) is 0 Å². The molecule has 0 radical (unpaired) electrons. The van der Waals surface area contributed by atoms with Crippen molar-refractivity contribution < 1.29 is 74.1 Å². The van der Waals surface area contributed by atoms with Crippen LogP contribution in [0, 0.1) is 5.92 Å². The first-order valence-corrected chi connectivity index (χ1v) is 11.7. The maximum Gasteiger partial charge on any atom is 0.340 e. The Morgan fingerprint density at radius 3 is 2.19 bits per heavy atom. The molecule has 4 heterocycles. The average molecular weight is 536 g/mol. The zero-order valence-corrected chi connectivity index (χ0v) is 19.6. The molecule has 4 rings (SSSR count). The quantitative estimate of drug-likeness (QED) is 0.113. The average Bonchev–Trinajstić information content (AvgIpc) is 2.88. The monoisotopic (exact) mass is 536 g/mol. The summed E-state index contributed by atoms with van der Waals surface area (Å²) in [5.41, 5.74) is -1.86. The number of ether oxygens (including phenoxy) is 6. The van der Waals surface area contributed by atoms with Gasteiger partial charge < -0.3 is 69.3 Å². The fourth-order valence-electron chi connectivity index (χ4n) is 4.85. The Hall–Kier alpha value is -1.73. The number of rotatable bonds is 7. The molecule has 13 atom stereocenters. The van der Waals surface area contributed by atoms with Crippen molar-refractivity contribution in [3.05, 3.63) is 24.5 Å². The molecule has 0 bridgehead atoms. The number of carbonyl (C=O) groups excluding carboxylic acids is 1. The Bertz CT molecular complexity index is 863. The molecule has 210 valence electrons. The van der Waals surface area contributed by atoms with Crippen LogP contribution in [0.25, 0.3) is 0 Å². The summed E-state index contributed by atoms with van der Waals surface area (Å²) in [6, 6.07) is 0. The first kappa shape index (κ1) is 28.3. The zero-order chi connectivity index (χ0) is 27.1. The number of cyclic esters (lactones) is 1. The van der Waals surface area contributed by atoms with Gasteiger partial charge in [-0.1, -0.05) is 6.08 Å². The molecule has 0 saturated carbocycles. The molecule has 15 nitrogen and oxygen atoms in total. The molecular formula is C22H32O15. The van der Waals surface area contributed by atoms with E-state index in [2.05, 4.69) is 6.58 Å². The third-order valence-corrected chi connectivity index (χ3v) is 7.05. The molecule has 3 fully saturated rings. The first-order chi connectivity index (χ1) is 17.6. The Morgan fingerprint density at radius 2 is 1.54 bits per heavy atom. The van der Waals surface area contributed by atoms with E-state index < -0.39 is 98.4 Å². The van der Waals surface area contributed by atoms with Crippen LogP contribution in [0.15, 0.2) is 24.5 Å². The molecule has 0 aromatic heterocycles. The lowest BCUT2D eigenvalue weighted by molar-refractivity contribution is -0.375. The number of esters is 1. The van der Waals surface area contributed by atoms with Crippen molar-refractivity contribution in [3.63, 3.8) is 0 Å². The second-order valence-corrected chi connectivity index (χ2v) is 9.25. The van der Waals surface area contributed by atoms with Gasteiger partial charge >= 0.3 is 5.97 Å². The van der Waals surface area contributed by atoms with Crippen LogP contribution in [0.1, 0.15) is 6.42 Å². The van der Waals surface area contributed by atoms with E-state index in [-0.39, 0.29) is 18.6 Å². The van der Waals surface area contributed by atoms with Crippen molar-refractivity contribution in [2.24, 2.45) is 5.92 Å². The summed E-state index contributed by atoms with van der Waals surface area (Å²) in [6.07, 6.45) is -15.3. The summed E-state index contributed by atoms with van der Waals surface area (Å²) in [6.45, 7) is 2.11. The largest absolute Gasteiger partial charge is 0.471 e. The minimum absolute atomic E-state index is 0.0233. The van der Waals surface area contributed by atoms with Gasteiger partial charge in [-0.25, -0.2) is 4.79 Å². The summed E-state index contributed by atoms with van der Waals surface area (Å²) in [7, 11) is 0. The number of aliphatic hydroxyl groups is 8. The van der Waals surface area contributed by atoms with Crippen molar-refractivity contribution in [2.75, 3.05) is 19.8 Å². The molecule has 0 aliphatic carbocycles. The zero-order valence-electron chi connectivity index (χ0n) is 19.6. The summed E-state index contributed by atoms with van der Waals surface area (Å²) in [5, 5.41) is 82.0. The van der Waals surface area contributed by atoms with Crippen molar-refractivity contribution in [1.29, 1.82) is 0 Å². The third kappa shape index (κ3) is 5.03. The number of aliphatic hydroxyl groups excluding tert-OH is 7. The molecule has 37 heavy (non-hydrogen) atoms. The van der Waals surface area contributed by atoms with Crippen LogP contribution in [0.2, 0.25) is 0 Å². The Balaban J connectivity index is 1.48. The highest BCUT2D eigenvalue weighted by Crippen LogP contribution is 2.42. The van der Waals surface area contributed by atoms with Crippen LogP contribution in [0.3, 0.4) is 0 Å². The summed E-state index contributed by atoms with van der Waals surface area (Å²) >= 11 is 0. The number of hydrogen-bond donors (Lipinski definition) is 8. The SMILES string of the molecule is C=CC1C(OC2OC(CO)C(OC3OC(CO)C(O)C(O)C3O)C(O)C2O)OC=C2C(=O)OCCC21O. The normalized spacial score (nSPS) is 48.3. The van der Waals surface area contributed by atoms with Gasteiger partial charge in [-0.3, -0.25) is 0 Å². The molecule has 0 aromatic carbocycles. The molecule has 13 unspecified atom stereocenters. The molecule has 0 spiro atoms. The second kappa shape index (κ2) is 11.2. The lowest BCUT2D eigenvalue weighted by Gasteiger charge is -2.48. The Morgan fingerprint density at radius 1 is 0.919 bits per heavy atom. The summed E-state index contributed by atoms with van der Waals surface area (Å²) < 4.78 is 32.4. The van der Waals surface area contributed by atoms with Gasteiger partial charge in [-0.05, 0) is 0 Å². The smallest absolute Gasteiger partial charge is 0.340 e. The van der Waals surface area contributed by atoms with E-state index in [1.54, 1.807) is 0 Å². The molecule has 4 aliphatic rings. The van der Waals surface area contributed by atoms with Crippen molar-refractivity contribution in [2.45, 2.75) is 79.7 Å². The van der Waals surface area contributed by atoms with Gasteiger partial charge in [0, 0.05) is 6.42 Å². The van der Waals surface area contributed by atoms with E-state index in [0.717, 1.165) is 6.26 Å². The standard InChI is InChI=1S/C22H32O15/c1-2-8-19(33-7-9-18(30)32-4-3-22(8,9)31)37-21-16(29)14(27)17(11(6-24)35-21)36-20-15(28)13(26)12(25)10(5-23)34-20/h2,7-8,10-17,19-21,23-29,31H,1,3-6H2. The van der Waals surface area contributed by atoms with Gasteiger partial charge in [0.05, 0.1) is 32.0 Å². The van der Waals surface area contributed by atoms with E-state index in [1.807, 2.05) is 0 Å². The minimum Gasteiger partial charge on any atom is -0.471 e. The summed E-state index contributed by atoms with van der Waals surface area (Å²) in [5.74, 6) is -1.78. The van der Waals surface area contributed by atoms with Crippen LogP contribution >= 0.6 is 0 Å². The topological polar surface area (TPSA) is 234 Å². The molecule has 15 heteroatoms. The van der Waals surface area contributed by atoms with Gasteiger partial charge in [0.1, 0.15) is 60.0 Å².